The minimum Gasteiger partial charge on any atom is -0.352 e. The number of unbranched alkanes of at least 4 members (excludes halogenated alkanes) is 1. The van der Waals surface area contributed by atoms with Gasteiger partial charge in [0.15, 0.2) is 0 Å². The molecule has 0 aliphatic heterocycles. The van der Waals surface area contributed by atoms with Crippen molar-refractivity contribution in [2.24, 2.45) is 5.92 Å². The zero-order valence-corrected chi connectivity index (χ0v) is 20.3. The van der Waals surface area contributed by atoms with Crippen LogP contribution in [0.5, 0.6) is 0 Å². The van der Waals surface area contributed by atoms with Crippen LogP contribution in [0.25, 0.3) is 0 Å². The van der Waals surface area contributed by atoms with Crippen LogP contribution in [0.4, 0.5) is 5.69 Å². The zero-order chi connectivity index (χ0) is 23.0. The van der Waals surface area contributed by atoms with Crippen LogP contribution in [0.1, 0.15) is 66.6 Å². The molecule has 0 bridgehead atoms. The Bertz CT molecular complexity index is 969. The van der Waals surface area contributed by atoms with Crippen LogP contribution in [-0.2, 0) is 16.6 Å². The summed E-state index contributed by atoms with van der Waals surface area (Å²) in [5.74, 6) is 0.417. The molecule has 0 heterocycles. The van der Waals surface area contributed by atoms with Crippen molar-refractivity contribution in [3.8, 4) is 0 Å². The molecule has 1 N–H and O–H groups in total. The highest BCUT2D eigenvalue weighted by molar-refractivity contribution is 7.92. The van der Waals surface area contributed by atoms with Gasteiger partial charge in [-0.15, -0.1) is 0 Å². The first-order valence-corrected chi connectivity index (χ1v) is 12.9. The third-order valence-corrected chi connectivity index (χ3v) is 7.01. The summed E-state index contributed by atoms with van der Waals surface area (Å²) in [6, 6.07) is 12.8. The molecule has 2 aromatic carbocycles. The fourth-order valence-corrected chi connectivity index (χ4v) is 4.54. The molecule has 0 aliphatic rings. The normalized spacial score (nSPS) is 12.4. The molecule has 0 saturated heterocycles. The molecule has 0 fully saturated rings. The monoisotopic (exact) mass is 444 g/mol. The Hall–Kier alpha value is -2.34. The van der Waals surface area contributed by atoms with E-state index in [4.69, 9.17) is 0 Å². The number of carbonyl (C=O) groups excluding carboxylic acids is 1. The summed E-state index contributed by atoms with van der Waals surface area (Å²) in [6.45, 7) is 9.15. The largest absolute Gasteiger partial charge is 0.352 e. The predicted molar refractivity (Wildman–Crippen MR) is 129 cm³/mol. The van der Waals surface area contributed by atoms with Crippen LogP contribution in [0.15, 0.2) is 42.5 Å². The predicted octanol–water partition coefficient (Wildman–Crippen LogP) is 5.22. The van der Waals surface area contributed by atoms with Gasteiger partial charge in [0, 0.05) is 12.1 Å². The molecule has 0 saturated carbocycles. The number of rotatable bonds is 11. The lowest BCUT2D eigenvalue weighted by molar-refractivity contribution is 0.0946. The van der Waals surface area contributed by atoms with Crippen molar-refractivity contribution in [3.05, 3.63) is 64.7 Å². The average Bonchev–Trinajstić information content (AvgIpc) is 2.74. The summed E-state index contributed by atoms with van der Waals surface area (Å²) in [6.07, 6.45) is 5.75. The maximum atomic E-state index is 12.5. The molecule has 0 aliphatic carbocycles. The molecule has 5 nitrogen and oxygen atoms in total. The zero-order valence-electron chi connectivity index (χ0n) is 19.4. The highest BCUT2D eigenvalue weighted by atomic mass is 32.2. The number of nitrogens with zero attached hydrogens (tertiary/aromatic N) is 1. The maximum Gasteiger partial charge on any atom is 0.251 e. The van der Waals surface area contributed by atoms with Crippen LogP contribution in [-0.4, -0.2) is 27.1 Å². The third-order valence-electron chi connectivity index (χ3n) is 5.88. The number of sulfonamides is 1. The van der Waals surface area contributed by atoms with Crippen molar-refractivity contribution in [1.29, 1.82) is 0 Å². The average molecular weight is 445 g/mol. The molecule has 2 rings (SSSR count). The maximum absolute atomic E-state index is 12.5. The Morgan fingerprint density at radius 1 is 1.06 bits per heavy atom. The number of nitrogens with one attached hydrogen (secondary N) is 1. The lowest BCUT2D eigenvalue weighted by Gasteiger charge is -2.25. The van der Waals surface area contributed by atoms with Gasteiger partial charge in [0.2, 0.25) is 10.0 Å². The highest BCUT2D eigenvalue weighted by Gasteiger charge is 2.20. The van der Waals surface area contributed by atoms with E-state index in [0.717, 1.165) is 29.5 Å². The number of amides is 1. The van der Waals surface area contributed by atoms with E-state index in [9.17, 15) is 13.2 Å². The van der Waals surface area contributed by atoms with E-state index in [1.54, 1.807) is 12.1 Å². The minimum atomic E-state index is -3.46. The standard InChI is InChI=1S/C25H36N2O3S/c1-6-8-11-21(7-2)17-26-25(28)23-15-13-22(14-16-23)18-27(31(5,29)30)24-12-9-10-19(3)20(24)4/h9-10,12-16,21H,6-8,11,17-18H2,1-5H3,(H,26,28)/t21-/m0/s1. The summed E-state index contributed by atoms with van der Waals surface area (Å²) < 4.78 is 26.4. The van der Waals surface area contributed by atoms with E-state index in [0.29, 0.717) is 23.7 Å². The Labute approximate surface area is 187 Å². The Morgan fingerprint density at radius 2 is 1.74 bits per heavy atom. The van der Waals surface area contributed by atoms with Crippen LogP contribution >= 0.6 is 0 Å². The highest BCUT2D eigenvalue weighted by Crippen LogP contribution is 2.26. The van der Waals surface area contributed by atoms with Gasteiger partial charge in [-0.05, 0) is 61.1 Å². The molecule has 0 aromatic heterocycles. The first-order valence-electron chi connectivity index (χ1n) is 11.1. The number of aryl methyl sites for hydroxylation is 1. The smallest absolute Gasteiger partial charge is 0.251 e. The van der Waals surface area contributed by atoms with Gasteiger partial charge in [-0.1, -0.05) is 57.4 Å². The SMILES string of the molecule is CCCC[C@H](CC)CNC(=O)c1ccc(CN(c2cccc(C)c2C)S(C)(=O)=O)cc1. The van der Waals surface area contributed by atoms with Crippen molar-refractivity contribution in [2.75, 3.05) is 17.1 Å². The van der Waals surface area contributed by atoms with Gasteiger partial charge in [-0.3, -0.25) is 9.10 Å². The van der Waals surface area contributed by atoms with E-state index >= 15 is 0 Å². The Balaban J connectivity index is 2.11. The first kappa shape index (κ1) is 24.9. The van der Waals surface area contributed by atoms with Gasteiger partial charge in [-0.2, -0.15) is 0 Å². The molecule has 6 heteroatoms. The van der Waals surface area contributed by atoms with Gasteiger partial charge in [0.1, 0.15) is 0 Å². The summed E-state index contributed by atoms with van der Waals surface area (Å²) in [5.41, 5.74) is 4.09. The van der Waals surface area contributed by atoms with Gasteiger partial charge in [0.05, 0.1) is 18.5 Å². The summed E-state index contributed by atoms with van der Waals surface area (Å²) >= 11 is 0. The molecule has 31 heavy (non-hydrogen) atoms. The van der Waals surface area contributed by atoms with Crippen LogP contribution in [0.3, 0.4) is 0 Å². The van der Waals surface area contributed by atoms with Gasteiger partial charge < -0.3 is 5.32 Å². The number of anilines is 1. The van der Waals surface area contributed by atoms with Crippen molar-refractivity contribution in [2.45, 2.75) is 59.9 Å². The Kier molecular flexibility index (Phi) is 9.11. The van der Waals surface area contributed by atoms with Crippen molar-refractivity contribution in [3.63, 3.8) is 0 Å². The van der Waals surface area contributed by atoms with E-state index in [1.165, 1.54) is 23.4 Å². The van der Waals surface area contributed by atoms with E-state index in [-0.39, 0.29) is 12.5 Å². The first-order chi connectivity index (χ1) is 14.7. The summed E-state index contributed by atoms with van der Waals surface area (Å²) in [7, 11) is -3.46. The number of hydrogen-bond acceptors (Lipinski definition) is 3. The molecule has 0 unspecified atom stereocenters. The number of hydrogen-bond donors (Lipinski definition) is 1. The second-order valence-corrected chi connectivity index (χ2v) is 10.2. The molecular weight excluding hydrogens is 408 g/mol. The second kappa shape index (κ2) is 11.3. The van der Waals surface area contributed by atoms with Crippen LogP contribution < -0.4 is 9.62 Å². The molecule has 1 atom stereocenters. The lowest BCUT2D eigenvalue weighted by Crippen LogP contribution is -2.30. The summed E-state index contributed by atoms with van der Waals surface area (Å²) in [4.78, 5) is 12.5. The number of benzene rings is 2. The van der Waals surface area contributed by atoms with E-state index < -0.39 is 10.0 Å². The van der Waals surface area contributed by atoms with Crippen LogP contribution in [0, 0.1) is 19.8 Å². The van der Waals surface area contributed by atoms with Gasteiger partial charge in [0.25, 0.3) is 5.91 Å². The molecule has 0 radical (unpaired) electrons. The quantitative estimate of drug-likeness (QED) is 0.517. The third kappa shape index (κ3) is 7.10. The molecule has 170 valence electrons. The summed E-state index contributed by atoms with van der Waals surface area (Å²) in [5, 5.41) is 3.04. The lowest BCUT2D eigenvalue weighted by atomic mass is 9.99. The number of carbonyl (C=O) groups is 1. The van der Waals surface area contributed by atoms with E-state index in [1.807, 2.05) is 44.2 Å². The molecule has 0 spiro atoms. The van der Waals surface area contributed by atoms with Gasteiger partial charge >= 0.3 is 0 Å². The topological polar surface area (TPSA) is 66.5 Å². The van der Waals surface area contributed by atoms with Crippen molar-refractivity contribution in [1.82, 2.24) is 5.32 Å². The van der Waals surface area contributed by atoms with Crippen molar-refractivity contribution < 1.29 is 13.2 Å². The fourth-order valence-electron chi connectivity index (χ4n) is 3.60. The molecule has 2 aromatic rings. The molecular formula is C25H36N2O3S. The van der Waals surface area contributed by atoms with Gasteiger partial charge in [-0.25, -0.2) is 8.42 Å². The fraction of sp³-hybridized carbons (Fsp3) is 0.480. The minimum absolute atomic E-state index is 0.0870. The Morgan fingerprint density at radius 3 is 2.32 bits per heavy atom. The van der Waals surface area contributed by atoms with Crippen LogP contribution in [0.2, 0.25) is 0 Å². The van der Waals surface area contributed by atoms with Crippen molar-refractivity contribution >= 4 is 21.6 Å². The molecule has 1 amide bonds. The van der Waals surface area contributed by atoms with E-state index in [2.05, 4.69) is 19.2 Å². The second-order valence-electron chi connectivity index (χ2n) is 8.31.